The number of para-hydroxylation sites is 1. The van der Waals surface area contributed by atoms with E-state index in [4.69, 9.17) is 4.74 Å². The molecule has 0 aliphatic rings. The standard InChI is InChI=1S/C16H13NO2/c1-19-16(18)13-7-8-15-12(11-13)9-10-17(15)14-5-3-2-4-6-14/h2-11H,1H3. The fraction of sp³-hybridized carbons (Fsp3) is 0.0625. The molecule has 1 aromatic heterocycles. The van der Waals surface area contributed by atoms with Gasteiger partial charge in [0.05, 0.1) is 18.2 Å². The van der Waals surface area contributed by atoms with Crippen molar-refractivity contribution < 1.29 is 9.53 Å². The van der Waals surface area contributed by atoms with Gasteiger partial charge in [-0.2, -0.15) is 0 Å². The van der Waals surface area contributed by atoms with Gasteiger partial charge in [0, 0.05) is 17.3 Å². The maximum Gasteiger partial charge on any atom is 0.337 e. The molecule has 0 saturated heterocycles. The molecule has 0 unspecified atom stereocenters. The summed E-state index contributed by atoms with van der Waals surface area (Å²) in [6, 6.07) is 17.7. The van der Waals surface area contributed by atoms with Crippen LogP contribution < -0.4 is 0 Å². The summed E-state index contributed by atoms with van der Waals surface area (Å²) in [6.45, 7) is 0. The molecule has 0 bridgehead atoms. The smallest absolute Gasteiger partial charge is 0.337 e. The second kappa shape index (κ2) is 4.61. The van der Waals surface area contributed by atoms with Crippen molar-refractivity contribution in [2.45, 2.75) is 0 Å². The molecular formula is C16H13NO2. The van der Waals surface area contributed by atoms with Gasteiger partial charge in [0.25, 0.3) is 0 Å². The summed E-state index contributed by atoms with van der Waals surface area (Å²) in [5.41, 5.74) is 2.74. The second-order valence-electron chi connectivity index (χ2n) is 4.29. The van der Waals surface area contributed by atoms with E-state index in [1.165, 1.54) is 7.11 Å². The van der Waals surface area contributed by atoms with Crippen molar-refractivity contribution in [1.82, 2.24) is 4.57 Å². The number of rotatable bonds is 2. The van der Waals surface area contributed by atoms with Crippen LogP contribution in [0.1, 0.15) is 10.4 Å². The highest BCUT2D eigenvalue weighted by Gasteiger charge is 2.08. The zero-order chi connectivity index (χ0) is 13.2. The maximum absolute atomic E-state index is 11.5. The Hall–Kier alpha value is -2.55. The quantitative estimate of drug-likeness (QED) is 0.653. The van der Waals surface area contributed by atoms with Crippen LogP contribution in [-0.2, 0) is 4.74 Å². The van der Waals surface area contributed by atoms with Crippen molar-refractivity contribution in [3.63, 3.8) is 0 Å². The molecule has 0 radical (unpaired) electrons. The Kier molecular flexibility index (Phi) is 2.80. The van der Waals surface area contributed by atoms with Crippen molar-refractivity contribution in [3.8, 4) is 5.69 Å². The third-order valence-corrected chi connectivity index (χ3v) is 3.15. The molecule has 0 fully saturated rings. The van der Waals surface area contributed by atoms with Crippen molar-refractivity contribution in [3.05, 3.63) is 66.4 Å². The van der Waals surface area contributed by atoms with Gasteiger partial charge in [0.2, 0.25) is 0 Å². The molecule has 19 heavy (non-hydrogen) atoms. The van der Waals surface area contributed by atoms with E-state index < -0.39 is 0 Å². The first-order valence-electron chi connectivity index (χ1n) is 6.04. The number of carbonyl (C=O) groups excluding carboxylic acids is 1. The lowest BCUT2D eigenvalue weighted by molar-refractivity contribution is 0.0601. The third kappa shape index (κ3) is 1.99. The number of benzene rings is 2. The van der Waals surface area contributed by atoms with Gasteiger partial charge in [-0.05, 0) is 36.4 Å². The van der Waals surface area contributed by atoms with E-state index >= 15 is 0 Å². The number of methoxy groups -OCH3 is 1. The van der Waals surface area contributed by atoms with E-state index in [1.807, 2.05) is 54.7 Å². The van der Waals surface area contributed by atoms with Gasteiger partial charge in [-0.1, -0.05) is 18.2 Å². The number of hydrogen-bond donors (Lipinski definition) is 0. The summed E-state index contributed by atoms with van der Waals surface area (Å²) < 4.78 is 6.82. The van der Waals surface area contributed by atoms with Gasteiger partial charge in [0.1, 0.15) is 0 Å². The molecule has 0 saturated carbocycles. The maximum atomic E-state index is 11.5. The molecule has 0 aliphatic carbocycles. The summed E-state index contributed by atoms with van der Waals surface area (Å²) in [4.78, 5) is 11.5. The lowest BCUT2D eigenvalue weighted by Gasteiger charge is -2.05. The van der Waals surface area contributed by atoms with Gasteiger partial charge in [0.15, 0.2) is 0 Å². The Morgan fingerprint density at radius 3 is 2.58 bits per heavy atom. The molecular weight excluding hydrogens is 238 g/mol. The number of nitrogens with zero attached hydrogens (tertiary/aromatic N) is 1. The van der Waals surface area contributed by atoms with Crippen LogP contribution in [0, 0.1) is 0 Å². The van der Waals surface area contributed by atoms with Crippen LogP contribution in [0.5, 0.6) is 0 Å². The Balaban J connectivity index is 2.13. The summed E-state index contributed by atoms with van der Waals surface area (Å²) in [7, 11) is 1.39. The first-order valence-corrected chi connectivity index (χ1v) is 6.04. The molecule has 0 spiro atoms. The molecule has 3 heteroatoms. The van der Waals surface area contributed by atoms with Crippen molar-refractivity contribution in [1.29, 1.82) is 0 Å². The number of fused-ring (bicyclic) bond motifs is 1. The zero-order valence-electron chi connectivity index (χ0n) is 10.5. The fourth-order valence-corrected chi connectivity index (χ4v) is 2.20. The third-order valence-electron chi connectivity index (χ3n) is 3.15. The molecule has 0 atom stereocenters. The summed E-state index contributed by atoms with van der Waals surface area (Å²) >= 11 is 0. The first-order chi connectivity index (χ1) is 9.29. The predicted octanol–water partition coefficient (Wildman–Crippen LogP) is 3.42. The second-order valence-corrected chi connectivity index (χ2v) is 4.29. The SMILES string of the molecule is COC(=O)c1ccc2c(ccn2-c2ccccc2)c1. The molecule has 3 aromatic rings. The summed E-state index contributed by atoms with van der Waals surface area (Å²) in [5.74, 6) is -0.311. The lowest BCUT2D eigenvalue weighted by atomic mass is 10.1. The minimum absolute atomic E-state index is 0.311. The van der Waals surface area contributed by atoms with E-state index in [9.17, 15) is 4.79 Å². The topological polar surface area (TPSA) is 31.2 Å². The van der Waals surface area contributed by atoms with E-state index in [0.29, 0.717) is 5.56 Å². The Labute approximate surface area is 111 Å². The predicted molar refractivity (Wildman–Crippen MR) is 74.6 cm³/mol. The number of aromatic nitrogens is 1. The monoisotopic (exact) mass is 251 g/mol. The number of carbonyl (C=O) groups is 1. The van der Waals surface area contributed by atoms with Crippen LogP contribution >= 0.6 is 0 Å². The highest BCUT2D eigenvalue weighted by molar-refractivity contribution is 5.95. The summed E-state index contributed by atoms with van der Waals surface area (Å²) in [5, 5.41) is 1.02. The average Bonchev–Trinajstić information content (AvgIpc) is 2.90. The minimum Gasteiger partial charge on any atom is -0.465 e. The zero-order valence-corrected chi connectivity index (χ0v) is 10.5. The van der Waals surface area contributed by atoms with Crippen molar-refractivity contribution in [2.24, 2.45) is 0 Å². The van der Waals surface area contributed by atoms with E-state index in [-0.39, 0.29) is 5.97 Å². The van der Waals surface area contributed by atoms with Gasteiger partial charge < -0.3 is 9.30 Å². The van der Waals surface area contributed by atoms with Crippen LogP contribution in [0.15, 0.2) is 60.8 Å². The molecule has 2 aromatic carbocycles. The molecule has 3 rings (SSSR count). The number of hydrogen-bond acceptors (Lipinski definition) is 2. The lowest BCUT2D eigenvalue weighted by Crippen LogP contribution is -2.00. The van der Waals surface area contributed by atoms with Gasteiger partial charge in [-0.25, -0.2) is 4.79 Å². The Morgan fingerprint density at radius 2 is 1.84 bits per heavy atom. The molecule has 3 nitrogen and oxygen atoms in total. The Morgan fingerprint density at radius 1 is 1.05 bits per heavy atom. The van der Waals surface area contributed by atoms with Gasteiger partial charge >= 0.3 is 5.97 Å². The highest BCUT2D eigenvalue weighted by atomic mass is 16.5. The summed E-state index contributed by atoms with van der Waals surface area (Å²) in [6.07, 6.45) is 2.00. The van der Waals surface area contributed by atoms with Crippen LogP contribution in [0.3, 0.4) is 0 Å². The van der Waals surface area contributed by atoms with E-state index in [1.54, 1.807) is 6.07 Å². The number of ether oxygens (including phenoxy) is 1. The average molecular weight is 251 g/mol. The first kappa shape index (κ1) is 11.5. The van der Waals surface area contributed by atoms with Crippen LogP contribution in [0.2, 0.25) is 0 Å². The fourth-order valence-electron chi connectivity index (χ4n) is 2.20. The minimum atomic E-state index is -0.311. The van der Waals surface area contributed by atoms with E-state index in [2.05, 4.69) is 4.57 Å². The van der Waals surface area contributed by atoms with Crippen LogP contribution in [0.25, 0.3) is 16.6 Å². The van der Waals surface area contributed by atoms with Crippen LogP contribution in [0.4, 0.5) is 0 Å². The normalized spacial score (nSPS) is 10.6. The number of esters is 1. The van der Waals surface area contributed by atoms with Crippen molar-refractivity contribution in [2.75, 3.05) is 7.11 Å². The molecule has 94 valence electrons. The molecule has 0 amide bonds. The van der Waals surface area contributed by atoms with Gasteiger partial charge in [-0.15, -0.1) is 0 Å². The van der Waals surface area contributed by atoms with Crippen molar-refractivity contribution >= 4 is 16.9 Å². The van der Waals surface area contributed by atoms with E-state index in [0.717, 1.165) is 16.6 Å². The molecule has 1 heterocycles. The largest absolute Gasteiger partial charge is 0.465 e. The molecule has 0 N–H and O–H groups in total. The van der Waals surface area contributed by atoms with Crippen LogP contribution in [-0.4, -0.2) is 17.6 Å². The van der Waals surface area contributed by atoms with Gasteiger partial charge in [-0.3, -0.25) is 0 Å². The highest BCUT2D eigenvalue weighted by Crippen LogP contribution is 2.21. The molecule has 0 aliphatic heterocycles. The Bertz CT molecular complexity index is 729.